The third kappa shape index (κ3) is 3.14. The van der Waals surface area contributed by atoms with E-state index in [1.54, 1.807) is 14.2 Å². The standard InChI is InChI=1S/C14H21ClN2O2/c1-10-8-12(18-2)14(19-3)11(13(10)15)9-17-6-4-16-5-7-17/h8,16H,4-7,9H2,1-3H3. The van der Waals surface area contributed by atoms with Gasteiger partial charge in [0, 0.05) is 38.3 Å². The zero-order valence-electron chi connectivity index (χ0n) is 11.8. The molecule has 0 saturated carbocycles. The maximum Gasteiger partial charge on any atom is 0.166 e. The van der Waals surface area contributed by atoms with Crippen molar-refractivity contribution in [2.24, 2.45) is 0 Å². The van der Waals surface area contributed by atoms with Crippen molar-refractivity contribution >= 4 is 11.6 Å². The molecule has 5 heteroatoms. The van der Waals surface area contributed by atoms with Gasteiger partial charge in [-0.05, 0) is 18.6 Å². The van der Waals surface area contributed by atoms with Gasteiger partial charge in [-0.15, -0.1) is 0 Å². The van der Waals surface area contributed by atoms with Crippen LogP contribution < -0.4 is 14.8 Å². The molecule has 1 aliphatic heterocycles. The van der Waals surface area contributed by atoms with E-state index in [1.165, 1.54) is 0 Å². The van der Waals surface area contributed by atoms with Crippen LogP contribution in [0.3, 0.4) is 0 Å². The quantitative estimate of drug-likeness (QED) is 0.918. The fraction of sp³-hybridized carbons (Fsp3) is 0.571. The molecule has 1 aromatic rings. The summed E-state index contributed by atoms with van der Waals surface area (Å²) in [6.07, 6.45) is 0. The van der Waals surface area contributed by atoms with E-state index in [4.69, 9.17) is 21.1 Å². The number of nitrogens with one attached hydrogen (secondary N) is 1. The molecule has 0 aliphatic carbocycles. The molecule has 0 unspecified atom stereocenters. The molecule has 1 fully saturated rings. The lowest BCUT2D eigenvalue weighted by molar-refractivity contribution is 0.229. The number of ether oxygens (including phenoxy) is 2. The number of piperazine rings is 1. The van der Waals surface area contributed by atoms with Crippen LogP contribution in [0.25, 0.3) is 0 Å². The monoisotopic (exact) mass is 284 g/mol. The molecule has 0 atom stereocenters. The van der Waals surface area contributed by atoms with Gasteiger partial charge in [0.05, 0.1) is 19.2 Å². The van der Waals surface area contributed by atoms with Gasteiger partial charge in [-0.3, -0.25) is 4.90 Å². The second kappa shape index (κ2) is 6.46. The smallest absolute Gasteiger partial charge is 0.166 e. The van der Waals surface area contributed by atoms with Gasteiger partial charge < -0.3 is 14.8 Å². The van der Waals surface area contributed by atoms with Crippen LogP contribution in [0.1, 0.15) is 11.1 Å². The zero-order chi connectivity index (χ0) is 13.8. The molecule has 1 aliphatic rings. The van der Waals surface area contributed by atoms with Crippen molar-refractivity contribution < 1.29 is 9.47 Å². The van der Waals surface area contributed by atoms with Crippen LogP contribution in [-0.2, 0) is 6.54 Å². The average Bonchev–Trinajstić information content (AvgIpc) is 2.44. The van der Waals surface area contributed by atoms with Gasteiger partial charge in [0.15, 0.2) is 11.5 Å². The van der Waals surface area contributed by atoms with Gasteiger partial charge >= 0.3 is 0 Å². The van der Waals surface area contributed by atoms with Crippen molar-refractivity contribution in [1.29, 1.82) is 0 Å². The Morgan fingerprint density at radius 1 is 1.26 bits per heavy atom. The molecule has 4 nitrogen and oxygen atoms in total. The van der Waals surface area contributed by atoms with Gasteiger partial charge in [0.2, 0.25) is 0 Å². The summed E-state index contributed by atoms with van der Waals surface area (Å²) in [7, 11) is 3.31. The number of halogens is 1. The third-order valence-electron chi connectivity index (χ3n) is 3.47. The van der Waals surface area contributed by atoms with E-state index in [2.05, 4.69) is 10.2 Å². The Balaban J connectivity index is 2.33. The Bertz CT molecular complexity index is 446. The number of hydrogen-bond acceptors (Lipinski definition) is 4. The number of rotatable bonds is 4. The summed E-state index contributed by atoms with van der Waals surface area (Å²) < 4.78 is 10.9. The van der Waals surface area contributed by atoms with Crippen LogP contribution in [0.15, 0.2) is 6.07 Å². The maximum atomic E-state index is 6.45. The first-order valence-electron chi connectivity index (χ1n) is 6.50. The van der Waals surface area contributed by atoms with Gasteiger partial charge in [-0.1, -0.05) is 11.6 Å². The van der Waals surface area contributed by atoms with E-state index < -0.39 is 0 Å². The van der Waals surface area contributed by atoms with Crippen LogP contribution in [-0.4, -0.2) is 45.3 Å². The first-order valence-corrected chi connectivity index (χ1v) is 6.88. The molecule has 0 amide bonds. The lowest BCUT2D eigenvalue weighted by Gasteiger charge is -2.28. The normalized spacial score (nSPS) is 16.4. The van der Waals surface area contributed by atoms with Crippen molar-refractivity contribution in [3.8, 4) is 11.5 Å². The molecule has 0 spiro atoms. The molecule has 0 radical (unpaired) electrons. The first-order chi connectivity index (χ1) is 9.17. The van der Waals surface area contributed by atoms with Gasteiger partial charge in [-0.2, -0.15) is 0 Å². The molecule has 1 N–H and O–H groups in total. The molecule has 0 bridgehead atoms. The Kier molecular flexibility index (Phi) is 4.91. The number of hydrogen-bond donors (Lipinski definition) is 1. The molecule has 1 aromatic carbocycles. The minimum absolute atomic E-state index is 0.745. The lowest BCUT2D eigenvalue weighted by Crippen LogP contribution is -2.43. The largest absolute Gasteiger partial charge is 0.493 e. The number of nitrogens with zero attached hydrogens (tertiary/aromatic N) is 1. The molecular weight excluding hydrogens is 264 g/mol. The number of benzene rings is 1. The summed E-state index contributed by atoms with van der Waals surface area (Å²) in [6.45, 7) is 6.87. The highest BCUT2D eigenvalue weighted by molar-refractivity contribution is 6.32. The number of methoxy groups -OCH3 is 2. The van der Waals surface area contributed by atoms with Crippen molar-refractivity contribution in [3.05, 3.63) is 22.2 Å². The molecule has 1 heterocycles. The SMILES string of the molecule is COc1cc(C)c(Cl)c(CN2CCNCC2)c1OC. The topological polar surface area (TPSA) is 33.7 Å². The van der Waals surface area contributed by atoms with Gasteiger partial charge in [0.25, 0.3) is 0 Å². The first kappa shape index (κ1) is 14.4. The van der Waals surface area contributed by atoms with E-state index in [0.29, 0.717) is 0 Å². The molecular formula is C14H21ClN2O2. The summed E-state index contributed by atoms with van der Waals surface area (Å²) in [5.41, 5.74) is 2.03. The predicted molar refractivity (Wildman–Crippen MR) is 77.4 cm³/mol. The van der Waals surface area contributed by atoms with Crippen LogP contribution in [0, 0.1) is 6.92 Å². The zero-order valence-corrected chi connectivity index (χ0v) is 12.5. The second-order valence-electron chi connectivity index (χ2n) is 4.75. The Morgan fingerprint density at radius 2 is 1.95 bits per heavy atom. The number of aryl methyl sites for hydroxylation is 1. The minimum atomic E-state index is 0.745. The Morgan fingerprint density at radius 3 is 2.53 bits per heavy atom. The predicted octanol–water partition coefficient (Wildman–Crippen LogP) is 2.07. The molecule has 1 saturated heterocycles. The Labute approximate surface area is 119 Å². The van der Waals surface area contributed by atoms with E-state index in [0.717, 1.165) is 60.4 Å². The molecule has 0 aromatic heterocycles. The summed E-state index contributed by atoms with van der Waals surface area (Å²) >= 11 is 6.45. The van der Waals surface area contributed by atoms with Crippen molar-refractivity contribution in [1.82, 2.24) is 10.2 Å². The summed E-state index contributed by atoms with van der Waals surface area (Å²) in [5, 5.41) is 4.12. The van der Waals surface area contributed by atoms with Gasteiger partial charge in [-0.25, -0.2) is 0 Å². The van der Waals surface area contributed by atoms with E-state index >= 15 is 0 Å². The van der Waals surface area contributed by atoms with Crippen LogP contribution in [0.2, 0.25) is 5.02 Å². The van der Waals surface area contributed by atoms with Crippen molar-refractivity contribution in [2.75, 3.05) is 40.4 Å². The van der Waals surface area contributed by atoms with E-state index in [9.17, 15) is 0 Å². The van der Waals surface area contributed by atoms with Gasteiger partial charge in [0.1, 0.15) is 0 Å². The lowest BCUT2D eigenvalue weighted by atomic mass is 10.1. The fourth-order valence-corrected chi connectivity index (χ4v) is 2.62. The fourth-order valence-electron chi connectivity index (χ4n) is 2.42. The maximum absolute atomic E-state index is 6.45. The highest BCUT2D eigenvalue weighted by Gasteiger charge is 2.20. The van der Waals surface area contributed by atoms with Crippen LogP contribution in [0.5, 0.6) is 11.5 Å². The van der Waals surface area contributed by atoms with Crippen LogP contribution in [0.4, 0.5) is 0 Å². The van der Waals surface area contributed by atoms with Crippen molar-refractivity contribution in [2.45, 2.75) is 13.5 Å². The Hall–Kier alpha value is -0.970. The summed E-state index contributed by atoms with van der Waals surface area (Å²) in [4.78, 5) is 2.37. The molecule has 106 valence electrons. The second-order valence-corrected chi connectivity index (χ2v) is 5.13. The average molecular weight is 285 g/mol. The summed E-state index contributed by atoms with van der Waals surface area (Å²) in [6, 6.07) is 1.92. The highest BCUT2D eigenvalue weighted by Crippen LogP contribution is 2.39. The summed E-state index contributed by atoms with van der Waals surface area (Å²) in [5.74, 6) is 1.49. The molecule has 2 rings (SSSR count). The minimum Gasteiger partial charge on any atom is -0.493 e. The van der Waals surface area contributed by atoms with Crippen molar-refractivity contribution in [3.63, 3.8) is 0 Å². The van der Waals surface area contributed by atoms with E-state index in [-0.39, 0.29) is 0 Å². The highest BCUT2D eigenvalue weighted by atomic mass is 35.5. The molecule has 19 heavy (non-hydrogen) atoms. The van der Waals surface area contributed by atoms with Crippen LogP contribution >= 0.6 is 11.6 Å². The third-order valence-corrected chi connectivity index (χ3v) is 4.00. The van der Waals surface area contributed by atoms with E-state index in [1.807, 2.05) is 13.0 Å².